The Morgan fingerprint density at radius 1 is 1.23 bits per heavy atom. The van der Waals surface area contributed by atoms with E-state index >= 15 is 0 Å². The van der Waals surface area contributed by atoms with Gasteiger partial charge in [-0.05, 0) is 67.6 Å². The molecule has 2 fully saturated rings. The number of piperidine rings is 1. The van der Waals surface area contributed by atoms with E-state index in [1.807, 2.05) is 12.1 Å². The Hall–Kier alpha value is -3.30. The minimum Gasteiger partial charge on any atom is -0.504 e. The van der Waals surface area contributed by atoms with Gasteiger partial charge in [0.15, 0.2) is 11.5 Å². The number of halogens is 3. The number of carbonyl (C=O) groups excluding carboxylic acids is 1. The molecule has 4 aliphatic rings. The SMILES string of the molecule is C=CCN1CC[C@]23c4c5ccc(O)c4O[C@H]2[C@@H](N(C)C(=O)C=Cc2ccc(C(F)(F)F)cc2)CC[C@@]3(O)[C@H]1C5. The molecule has 5 atom stereocenters. The quantitative estimate of drug-likeness (QED) is 0.437. The van der Waals surface area contributed by atoms with E-state index in [4.69, 9.17) is 4.74 Å². The average Bonchev–Trinajstić information content (AvgIpc) is 3.25. The second-order valence-corrected chi connectivity index (χ2v) is 11.1. The Balaban J connectivity index is 1.32. The normalized spacial score (nSPS) is 31.1. The van der Waals surface area contributed by atoms with Crippen LogP contribution in [0.2, 0.25) is 0 Å². The monoisotopic (exact) mass is 540 g/mol. The van der Waals surface area contributed by atoms with Crippen LogP contribution in [0.4, 0.5) is 13.2 Å². The Morgan fingerprint density at radius 3 is 2.67 bits per heavy atom. The van der Waals surface area contributed by atoms with Crippen molar-refractivity contribution in [2.75, 3.05) is 20.1 Å². The van der Waals surface area contributed by atoms with Crippen molar-refractivity contribution < 1.29 is 32.9 Å². The number of rotatable bonds is 5. The summed E-state index contributed by atoms with van der Waals surface area (Å²) >= 11 is 0. The third-order valence-corrected chi connectivity index (χ3v) is 9.41. The predicted molar refractivity (Wildman–Crippen MR) is 139 cm³/mol. The molecule has 1 spiro atoms. The second-order valence-electron chi connectivity index (χ2n) is 11.1. The molecule has 2 aromatic rings. The number of hydrogen-bond donors (Lipinski definition) is 2. The lowest BCUT2D eigenvalue weighted by molar-refractivity contribution is -0.198. The highest BCUT2D eigenvalue weighted by atomic mass is 19.4. The van der Waals surface area contributed by atoms with Gasteiger partial charge in [-0.3, -0.25) is 9.69 Å². The summed E-state index contributed by atoms with van der Waals surface area (Å²) in [4.78, 5) is 17.2. The lowest BCUT2D eigenvalue weighted by atomic mass is 9.48. The molecule has 2 aliphatic heterocycles. The molecule has 206 valence electrons. The molecule has 0 radical (unpaired) electrons. The van der Waals surface area contributed by atoms with E-state index < -0.39 is 28.9 Å². The smallest absolute Gasteiger partial charge is 0.416 e. The van der Waals surface area contributed by atoms with Gasteiger partial charge < -0.3 is 19.8 Å². The van der Waals surface area contributed by atoms with Crippen molar-refractivity contribution in [2.24, 2.45) is 0 Å². The molecule has 0 aromatic heterocycles. The zero-order valence-electron chi connectivity index (χ0n) is 21.6. The first-order valence-electron chi connectivity index (χ1n) is 13.2. The maximum Gasteiger partial charge on any atom is 0.416 e. The van der Waals surface area contributed by atoms with Crippen LogP contribution in [0.3, 0.4) is 0 Å². The molecule has 2 bridgehead atoms. The summed E-state index contributed by atoms with van der Waals surface area (Å²) in [7, 11) is 1.69. The fourth-order valence-corrected chi connectivity index (χ4v) is 7.62. The summed E-state index contributed by atoms with van der Waals surface area (Å²) in [6, 6.07) is 7.66. The Bertz CT molecular complexity index is 1360. The number of phenols is 1. The average molecular weight is 541 g/mol. The minimum absolute atomic E-state index is 0.0294. The van der Waals surface area contributed by atoms with Gasteiger partial charge in [-0.2, -0.15) is 13.2 Å². The van der Waals surface area contributed by atoms with Crippen LogP contribution in [0.15, 0.2) is 55.1 Å². The van der Waals surface area contributed by atoms with Gasteiger partial charge in [0, 0.05) is 31.3 Å². The summed E-state index contributed by atoms with van der Waals surface area (Å²) in [5.74, 6) is 0.114. The molecule has 6 rings (SSSR count). The molecular formula is C30H31F3N2O4. The second kappa shape index (κ2) is 8.86. The molecule has 2 heterocycles. The topological polar surface area (TPSA) is 73.2 Å². The Morgan fingerprint density at radius 2 is 1.97 bits per heavy atom. The van der Waals surface area contributed by atoms with Gasteiger partial charge in [0.25, 0.3) is 0 Å². The standard InChI is InChI=1S/C30H31F3N2O4/c1-3-15-35-16-14-28-25-19-7-10-22(36)26(25)39-27(28)21(12-13-29(28,38)23(35)17-19)34(2)24(37)11-6-18-4-8-20(9-5-18)30(31,32)33/h3-11,21,23,27,36,38H,1,12-17H2,2H3/t21-,23+,27-,28-,29+/m0/s1. The van der Waals surface area contributed by atoms with Crippen LogP contribution in [0, 0.1) is 0 Å². The third kappa shape index (κ3) is 3.66. The minimum atomic E-state index is -4.42. The fourth-order valence-electron chi connectivity index (χ4n) is 7.62. The molecule has 1 saturated heterocycles. The molecule has 2 N–H and O–H groups in total. The number of alkyl halides is 3. The first-order valence-corrected chi connectivity index (χ1v) is 13.2. The van der Waals surface area contributed by atoms with Crippen molar-refractivity contribution in [1.82, 2.24) is 9.80 Å². The number of likely N-dealkylation sites (tertiary alicyclic amines) is 1. The highest BCUT2D eigenvalue weighted by molar-refractivity contribution is 5.92. The number of phenolic OH excluding ortho intramolecular Hbond substituents is 1. The van der Waals surface area contributed by atoms with Crippen LogP contribution < -0.4 is 4.74 Å². The summed E-state index contributed by atoms with van der Waals surface area (Å²) in [5, 5.41) is 23.2. The predicted octanol–water partition coefficient (Wildman–Crippen LogP) is 4.29. The van der Waals surface area contributed by atoms with Crippen molar-refractivity contribution in [3.05, 3.63) is 77.4 Å². The number of benzene rings is 2. The maximum atomic E-state index is 13.3. The number of carbonyl (C=O) groups is 1. The molecule has 39 heavy (non-hydrogen) atoms. The first-order chi connectivity index (χ1) is 18.5. The van der Waals surface area contributed by atoms with Gasteiger partial charge in [0.2, 0.25) is 5.91 Å². The van der Waals surface area contributed by atoms with E-state index in [1.165, 1.54) is 24.3 Å². The number of amides is 1. The number of ether oxygens (including phenoxy) is 1. The largest absolute Gasteiger partial charge is 0.504 e. The highest BCUT2D eigenvalue weighted by Gasteiger charge is 2.73. The lowest BCUT2D eigenvalue weighted by Crippen LogP contribution is -2.78. The Labute approximate surface area is 225 Å². The molecule has 1 amide bonds. The fraction of sp³-hybridized carbons (Fsp3) is 0.433. The van der Waals surface area contributed by atoms with Crippen LogP contribution in [-0.4, -0.2) is 69.8 Å². The van der Waals surface area contributed by atoms with Crippen molar-refractivity contribution in [3.8, 4) is 11.5 Å². The van der Waals surface area contributed by atoms with Crippen LogP contribution in [0.1, 0.15) is 41.5 Å². The highest BCUT2D eigenvalue weighted by Crippen LogP contribution is 2.65. The molecule has 0 unspecified atom stereocenters. The van der Waals surface area contributed by atoms with Crippen molar-refractivity contribution in [3.63, 3.8) is 0 Å². The number of likely N-dealkylation sites (N-methyl/N-ethyl adjacent to an activating group) is 1. The van der Waals surface area contributed by atoms with Crippen LogP contribution in [0.25, 0.3) is 6.08 Å². The lowest BCUT2D eigenvalue weighted by Gasteiger charge is -2.64. The molecule has 1 saturated carbocycles. The molecule has 9 heteroatoms. The van der Waals surface area contributed by atoms with Crippen LogP contribution in [0.5, 0.6) is 11.5 Å². The Kier molecular flexibility index (Phi) is 5.89. The van der Waals surface area contributed by atoms with Gasteiger partial charge in [0.05, 0.1) is 22.6 Å². The summed E-state index contributed by atoms with van der Waals surface area (Å²) in [5.41, 5.74) is -0.221. The van der Waals surface area contributed by atoms with Gasteiger partial charge in [-0.15, -0.1) is 6.58 Å². The third-order valence-electron chi connectivity index (χ3n) is 9.41. The maximum absolute atomic E-state index is 13.3. The van der Waals surface area contributed by atoms with E-state index in [0.29, 0.717) is 43.5 Å². The van der Waals surface area contributed by atoms with Gasteiger partial charge in [-0.1, -0.05) is 24.3 Å². The number of aromatic hydroxyl groups is 1. The molecule has 2 aromatic carbocycles. The first kappa shape index (κ1) is 26.0. The van der Waals surface area contributed by atoms with Crippen molar-refractivity contribution in [2.45, 2.75) is 61.1 Å². The van der Waals surface area contributed by atoms with E-state index in [1.54, 1.807) is 18.0 Å². The van der Waals surface area contributed by atoms with Gasteiger partial charge in [0.1, 0.15) is 6.10 Å². The van der Waals surface area contributed by atoms with Crippen LogP contribution in [-0.2, 0) is 22.8 Å². The summed E-state index contributed by atoms with van der Waals surface area (Å²) in [6.07, 6.45) is 1.93. The molecular weight excluding hydrogens is 509 g/mol. The van der Waals surface area contributed by atoms with E-state index in [-0.39, 0.29) is 23.7 Å². The summed E-state index contributed by atoms with van der Waals surface area (Å²) in [6.45, 7) is 5.28. The zero-order chi connectivity index (χ0) is 27.7. The number of hydrogen-bond acceptors (Lipinski definition) is 5. The summed E-state index contributed by atoms with van der Waals surface area (Å²) < 4.78 is 45.1. The number of nitrogens with zero attached hydrogens (tertiary/aromatic N) is 2. The molecule has 2 aliphatic carbocycles. The van der Waals surface area contributed by atoms with Gasteiger partial charge >= 0.3 is 6.18 Å². The number of aliphatic hydroxyl groups is 1. The van der Waals surface area contributed by atoms with E-state index in [0.717, 1.165) is 29.8 Å². The zero-order valence-corrected chi connectivity index (χ0v) is 21.6. The van der Waals surface area contributed by atoms with Crippen molar-refractivity contribution in [1.29, 1.82) is 0 Å². The van der Waals surface area contributed by atoms with Crippen molar-refractivity contribution >= 4 is 12.0 Å². The van der Waals surface area contributed by atoms with Gasteiger partial charge in [-0.25, -0.2) is 0 Å². The van der Waals surface area contributed by atoms with Crippen LogP contribution >= 0.6 is 0 Å². The molecule has 6 nitrogen and oxygen atoms in total. The van der Waals surface area contributed by atoms with E-state index in [9.17, 15) is 28.2 Å². The van der Waals surface area contributed by atoms with E-state index in [2.05, 4.69) is 11.5 Å².